The Balaban J connectivity index is 1.64. The van der Waals surface area contributed by atoms with Gasteiger partial charge in [-0.05, 0) is 0 Å². The summed E-state index contributed by atoms with van der Waals surface area (Å²) >= 11 is 0. The van der Waals surface area contributed by atoms with Crippen LogP contribution in [0.2, 0.25) is 0 Å². The van der Waals surface area contributed by atoms with E-state index in [9.17, 15) is 13.2 Å². The van der Waals surface area contributed by atoms with Crippen LogP contribution in [-0.2, 0) is 12.3 Å². The number of hydrogen-bond donors (Lipinski definition) is 0. The molecule has 0 saturated heterocycles. The number of alkyl halides is 3. The standard InChI is InChI=1S/C29H25F3N3P/c1-22-28(34-35(33-22)24-19-17-23(18-20-24)29(30,31)32)21-36(25-11-5-2-6-12-25,26-13-7-3-8-14-26)27-15-9-4-10-16-27/h2-20,36H,21H2,1H3. The van der Waals surface area contributed by atoms with Gasteiger partial charge in [-0.3, -0.25) is 0 Å². The number of aromatic nitrogens is 3. The fourth-order valence-electron chi connectivity index (χ4n) is 4.70. The summed E-state index contributed by atoms with van der Waals surface area (Å²) in [5, 5.41) is 13.1. The number of rotatable bonds is 6. The van der Waals surface area contributed by atoms with Crippen molar-refractivity contribution in [2.75, 3.05) is 0 Å². The third kappa shape index (κ3) is 4.57. The molecule has 3 nitrogen and oxygen atoms in total. The zero-order chi connectivity index (χ0) is 25.2. The maximum absolute atomic E-state index is 13.0. The molecular weight excluding hydrogens is 478 g/mol. The Bertz CT molecular complexity index is 1340. The first kappa shape index (κ1) is 24.0. The molecule has 0 bridgehead atoms. The van der Waals surface area contributed by atoms with Crippen LogP contribution < -0.4 is 15.9 Å². The van der Waals surface area contributed by atoms with Gasteiger partial charge < -0.3 is 0 Å². The van der Waals surface area contributed by atoms with Gasteiger partial charge in [-0.15, -0.1) is 0 Å². The van der Waals surface area contributed by atoms with Gasteiger partial charge in [0.15, 0.2) is 0 Å². The van der Waals surface area contributed by atoms with Gasteiger partial charge in [-0.2, -0.15) is 0 Å². The van der Waals surface area contributed by atoms with Crippen LogP contribution in [0.1, 0.15) is 17.0 Å². The molecule has 0 radical (unpaired) electrons. The van der Waals surface area contributed by atoms with Gasteiger partial charge in [-0.1, -0.05) is 0 Å². The van der Waals surface area contributed by atoms with E-state index in [1.807, 2.05) is 25.1 Å². The van der Waals surface area contributed by atoms with E-state index in [1.165, 1.54) is 32.8 Å². The van der Waals surface area contributed by atoms with Crippen LogP contribution in [-0.4, -0.2) is 15.0 Å². The van der Waals surface area contributed by atoms with Crippen LogP contribution in [0, 0.1) is 6.92 Å². The molecule has 0 aliphatic heterocycles. The minimum absolute atomic E-state index is 0.490. The Morgan fingerprint density at radius 1 is 0.639 bits per heavy atom. The number of aryl methyl sites for hydroxylation is 1. The van der Waals surface area contributed by atoms with Gasteiger partial charge in [-0.25, -0.2) is 0 Å². The molecule has 1 aromatic heterocycles. The SMILES string of the molecule is Cc1nn(-c2ccc(C(F)(F)F)cc2)nc1C[PH](c1ccccc1)(c1ccccc1)c1ccccc1. The van der Waals surface area contributed by atoms with Gasteiger partial charge in [0.1, 0.15) is 0 Å². The summed E-state index contributed by atoms with van der Waals surface area (Å²) in [5.74, 6) is 0. The molecule has 36 heavy (non-hydrogen) atoms. The van der Waals surface area contributed by atoms with E-state index in [2.05, 4.69) is 77.9 Å². The van der Waals surface area contributed by atoms with Crippen LogP contribution in [0.3, 0.4) is 0 Å². The Labute approximate surface area is 208 Å². The molecule has 0 aliphatic carbocycles. The average molecular weight is 504 g/mol. The Morgan fingerprint density at radius 3 is 1.50 bits per heavy atom. The molecular formula is C29H25F3N3P. The van der Waals surface area contributed by atoms with Gasteiger partial charge in [0.25, 0.3) is 0 Å². The molecule has 1 heterocycles. The molecule has 5 aromatic rings. The topological polar surface area (TPSA) is 30.7 Å². The molecule has 0 fully saturated rings. The predicted molar refractivity (Wildman–Crippen MR) is 141 cm³/mol. The molecule has 182 valence electrons. The Kier molecular flexibility index (Phi) is 6.46. The molecule has 5 rings (SSSR count). The third-order valence-corrected chi connectivity index (χ3v) is 11.4. The van der Waals surface area contributed by atoms with Gasteiger partial charge in [0.2, 0.25) is 0 Å². The molecule has 7 heteroatoms. The maximum atomic E-state index is 13.0. The van der Waals surface area contributed by atoms with Gasteiger partial charge in [0.05, 0.1) is 0 Å². The van der Waals surface area contributed by atoms with Crippen LogP contribution in [0.25, 0.3) is 5.69 Å². The van der Waals surface area contributed by atoms with Crippen molar-refractivity contribution in [2.45, 2.75) is 19.3 Å². The number of hydrogen-bond acceptors (Lipinski definition) is 2. The Morgan fingerprint density at radius 2 is 1.08 bits per heavy atom. The van der Waals surface area contributed by atoms with Crippen molar-refractivity contribution in [1.82, 2.24) is 15.0 Å². The molecule has 0 amide bonds. The zero-order valence-corrected chi connectivity index (χ0v) is 20.7. The van der Waals surface area contributed by atoms with E-state index in [0.717, 1.165) is 23.5 Å². The summed E-state index contributed by atoms with van der Waals surface area (Å²) in [7, 11) is -2.58. The summed E-state index contributed by atoms with van der Waals surface area (Å²) < 4.78 is 39.1. The summed E-state index contributed by atoms with van der Waals surface area (Å²) in [6.07, 6.45) is -3.72. The zero-order valence-electron chi connectivity index (χ0n) is 19.7. The molecule has 0 aliphatic rings. The normalized spacial score (nSPS) is 12.4. The summed E-state index contributed by atoms with van der Waals surface area (Å²) in [4.78, 5) is 1.44. The quantitative estimate of drug-likeness (QED) is 0.274. The fourth-order valence-corrected chi connectivity index (χ4v) is 9.42. The van der Waals surface area contributed by atoms with E-state index in [0.29, 0.717) is 11.8 Å². The molecule has 0 spiro atoms. The van der Waals surface area contributed by atoms with Gasteiger partial charge >= 0.3 is 209 Å². The van der Waals surface area contributed by atoms with Crippen molar-refractivity contribution in [1.29, 1.82) is 0 Å². The molecule has 0 unspecified atom stereocenters. The predicted octanol–water partition coefficient (Wildman–Crippen LogP) is 5.82. The Hall–Kier alpha value is -3.76. The summed E-state index contributed by atoms with van der Waals surface area (Å²) in [6.45, 7) is 1.91. The van der Waals surface area contributed by atoms with E-state index in [4.69, 9.17) is 5.10 Å². The van der Waals surface area contributed by atoms with Crippen LogP contribution in [0.5, 0.6) is 0 Å². The van der Waals surface area contributed by atoms with E-state index < -0.39 is 19.0 Å². The average Bonchev–Trinajstić information content (AvgIpc) is 3.28. The monoisotopic (exact) mass is 503 g/mol. The molecule has 0 N–H and O–H groups in total. The number of benzene rings is 4. The third-order valence-electron chi connectivity index (χ3n) is 6.54. The van der Waals surface area contributed by atoms with Crippen molar-refractivity contribution in [3.05, 3.63) is 132 Å². The van der Waals surface area contributed by atoms with Gasteiger partial charge in [0, 0.05) is 0 Å². The number of halogens is 3. The van der Waals surface area contributed by atoms with E-state index in [-0.39, 0.29) is 0 Å². The fraction of sp³-hybridized carbons (Fsp3) is 0.103. The second-order valence-corrected chi connectivity index (χ2v) is 12.6. The summed E-state index contributed by atoms with van der Waals surface area (Å²) in [6, 6.07) is 36.5. The van der Waals surface area contributed by atoms with Crippen LogP contribution in [0.4, 0.5) is 13.2 Å². The van der Waals surface area contributed by atoms with Crippen LogP contribution >= 0.6 is 7.26 Å². The molecule has 0 saturated carbocycles. The van der Waals surface area contributed by atoms with Crippen molar-refractivity contribution in [2.24, 2.45) is 0 Å². The molecule has 0 atom stereocenters. The number of nitrogens with zero attached hydrogens (tertiary/aromatic N) is 3. The van der Waals surface area contributed by atoms with Crippen molar-refractivity contribution in [3.8, 4) is 5.69 Å². The first-order valence-corrected chi connectivity index (χ1v) is 13.9. The van der Waals surface area contributed by atoms with Crippen molar-refractivity contribution < 1.29 is 13.2 Å². The van der Waals surface area contributed by atoms with Crippen LogP contribution in [0.15, 0.2) is 115 Å². The van der Waals surface area contributed by atoms with Crippen molar-refractivity contribution >= 4 is 23.2 Å². The second-order valence-electron chi connectivity index (χ2n) is 8.75. The van der Waals surface area contributed by atoms with E-state index >= 15 is 0 Å². The van der Waals surface area contributed by atoms with E-state index in [1.54, 1.807) is 0 Å². The first-order valence-electron chi connectivity index (χ1n) is 11.6. The van der Waals surface area contributed by atoms with Crippen molar-refractivity contribution in [3.63, 3.8) is 0 Å². The summed E-state index contributed by atoms with van der Waals surface area (Å²) in [5.41, 5.74) is 1.38. The first-order chi connectivity index (χ1) is 17.4. The minimum atomic E-state index is -4.39. The molecule has 4 aromatic carbocycles. The second kappa shape index (κ2) is 9.71.